The number of likely N-dealkylation sites (tertiary alicyclic amines) is 1. The highest BCUT2D eigenvalue weighted by molar-refractivity contribution is 5.69. The quantitative estimate of drug-likeness (QED) is 0.607. The normalized spacial score (nSPS) is 21.4. The highest BCUT2D eigenvalue weighted by atomic mass is 16.6. The summed E-state index contributed by atoms with van der Waals surface area (Å²) in [6, 6.07) is 15.2. The van der Waals surface area contributed by atoms with E-state index in [4.69, 9.17) is 18.9 Å². The van der Waals surface area contributed by atoms with E-state index in [1.54, 1.807) is 16.7 Å². The maximum atomic E-state index is 12.5. The average Bonchev–Trinajstić information content (AvgIpc) is 3.32. The number of carbonyl (C=O) groups excluding carboxylic acids is 1. The fraction of sp³-hybridized carbons (Fsp3) is 0.348. The fourth-order valence-electron chi connectivity index (χ4n) is 4.28. The lowest BCUT2D eigenvalue weighted by Crippen LogP contribution is -2.55. The molecule has 2 aromatic carbocycles. The summed E-state index contributed by atoms with van der Waals surface area (Å²) in [6.45, 7) is 0.630. The molecule has 5 rings (SSSR count). The molecule has 32 heavy (non-hydrogen) atoms. The highest BCUT2D eigenvalue weighted by Gasteiger charge is 2.45. The molecule has 1 aromatic heterocycles. The molecule has 0 unspecified atom stereocenters. The minimum atomic E-state index is -0.371. The van der Waals surface area contributed by atoms with Gasteiger partial charge in [-0.05, 0) is 30.3 Å². The van der Waals surface area contributed by atoms with Crippen LogP contribution in [-0.2, 0) is 16.1 Å². The molecule has 9 nitrogen and oxygen atoms in total. The van der Waals surface area contributed by atoms with Crippen molar-refractivity contribution in [2.45, 2.75) is 31.3 Å². The maximum absolute atomic E-state index is 12.5. The fourth-order valence-corrected chi connectivity index (χ4v) is 4.28. The van der Waals surface area contributed by atoms with E-state index in [9.17, 15) is 4.79 Å². The Balaban J connectivity index is 1.30. The third kappa shape index (κ3) is 3.75. The van der Waals surface area contributed by atoms with Gasteiger partial charge >= 0.3 is 6.09 Å². The minimum Gasteiger partial charge on any atom is -0.497 e. The Labute approximate surface area is 185 Å². The van der Waals surface area contributed by atoms with Crippen molar-refractivity contribution in [3.05, 3.63) is 66.0 Å². The van der Waals surface area contributed by atoms with Crippen LogP contribution in [0.3, 0.4) is 0 Å². The lowest BCUT2D eigenvalue weighted by molar-refractivity contribution is -0.0983. The molecule has 166 valence electrons. The Hall–Kier alpha value is -3.59. The number of rotatable bonds is 5. The van der Waals surface area contributed by atoms with Gasteiger partial charge in [-0.25, -0.2) is 9.48 Å². The molecular formula is C23H24N4O5. The molecule has 0 aliphatic carbocycles. The molecule has 3 atom stereocenters. The van der Waals surface area contributed by atoms with Crippen molar-refractivity contribution in [3.63, 3.8) is 0 Å². The number of hydrogen-bond donors (Lipinski definition) is 0. The molecule has 3 heterocycles. The van der Waals surface area contributed by atoms with E-state index in [-0.39, 0.29) is 30.9 Å². The predicted molar refractivity (Wildman–Crippen MR) is 114 cm³/mol. The molecule has 9 heteroatoms. The second-order valence-electron chi connectivity index (χ2n) is 7.77. The number of carbonyl (C=O) groups is 1. The van der Waals surface area contributed by atoms with Gasteiger partial charge in [-0.2, -0.15) is 0 Å². The first kappa shape index (κ1) is 20.3. The number of fused-ring (bicyclic) bond motifs is 4. The molecular weight excluding hydrogens is 412 g/mol. The van der Waals surface area contributed by atoms with Gasteiger partial charge in [0.05, 0.1) is 45.3 Å². The van der Waals surface area contributed by atoms with Crippen molar-refractivity contribution in [3.8, 4) is 17.2 Å². The average molecular weight is 436 g/mol. The zero-order valence-electron chi connectivity index (χ0n) is 17.9. The van der Waals surface area contributed by atoms with Crippen molar-refractivity contribution >= 4 is 6.09 Å². The zero-order chi connectivity index (χ0) is 22.1. The molecule has 2 bridgehead atoms. The van der Waals surface area contributed by atoms with E-state index in [1.807, 2.05) is 54.7 Å². The molecule has 1 saturated heterocycles. The summed E-state index contributed by atoms with van der Waals surface area (Å²) in [7, 11) is 3.02. The summed E-state index contributed by atoms with van der Waals surface area (Å²) in [5, 5.41) is 8.40. The van der Waals surface area contributed by atoms with Crippen LogP contribution in [0, 0.1) is 0 Å². The van der Waals surface area contributed by atoms with Crippen molar-refractivity contribution < 1.29 is 23.7 Å². The topological polar surface area (TPSA) is 87.9 Å². The van der Waals surface area contributed by atoms with Crippen LogP contribution in [0.4, 0.5) is 4.79 Å². The largest absolute Gasteiger partial charge is 0.497 e. The smallest absolute Gasteiger partial charge is 0.410 e. The van der Waals surface area contributed by atoms with E-state index in [1.165, 1.54) is 7.11 Å². The number of para-hydroxylation sites is 1. The Morgan fingerprint density at radius 1 is 1.16 bits per heavy atom. The van der Waals surface area contributed by atoms with Crippen LogP contribution in [-0.4, -0.2) is 59.0 Å². The number of amides is 1. The number of hydrogen-bond acceptors (Lipinski definition) is 7. The van der Waals surface area contributed by atoms with Crippen LogP contribution in [0.15, 0.2) is 54.7 Å². The van der Waals surface area contributed by atoms with Gasteiger partial charge in [0.1, 0.15) is 29.4 Å². The number of nitrogens with zero attached hydrogens (tertiary/aromatic N) is 4. The van der Waals surface area contributed by atoms with Crippen LogP contribution >= 0.6 is 0 Å². The molecule has 2 aliphatic heterocycles. The van der Waals surface area contributed by atoms with Gasteiger partial charge in [0, 0.05) is 12.0 Å². The van der Waals surface area contributed by atoms with Gasteiger partial charge in [0.2, 0.25) is 0 Å². The number of aromatic nitrogens is 3. The van der Waals surface area contributed by atoms with Crippen LogP contribution in [0.2, 0.25) is 0 Å². The summed E-state index contributed by atoms with van der Waals surface area (Å²) in [5.41, 5.74) is 2.55. The second kappa shape index (κ2) is 8.51. The van der Waals surface area contributed by atoms with Crippen LogP contribution in [0.25, 0.3) is 5.69 Å². The number of benzene rings is 2. The second-order valence-corrected chi connectivity index (χ2v) is 7.77. The third-order valence-corrected chi connectivity index (χ3v) is 5.91. The summed E-state index contributed by atoms with van der Waals surface area (Å²) < 4.78 is 24.3. The van der Waals surface area contributed by atoms with Gasteiger partial charge in [-0.15, -0.1) is 5.10 Å². The van der Waals surface area contributed by atoms with Gasteiger partial charge < -0.3 is 18.9 Å². The number of piperidine rings is 1. The molecule has 0 saturated carbocycles. The van der Waals surface area contributed by atoms with Gasteiger partial charge in [0.15, 0.2) is 0 Å². The highest BCUT2D eigenvalue weighted by Crippen LogP contribution is 2.43. The molecule has 0 N–H and O–H groups in total. The van der Waals surface area contributed by atoms with Crippen LogP contribution < -0.4 is 9.47 Å². The molecule has 0 spiro atoms. The summed E-state index contributed by atoms with van der Waals surface area (Å²) >= 11 is 0. The third-order valence-electron chi connectivity index (χ3n) is 5.91. The standard InChI is InChI=1S/C23H24N4O5/c1-29-17-9-7-16(8-10-17)27-12-15(24-25-27)14-31-22-13-26(23(28)30-2)19-11-21(22)32-20-6-4-3-5-18(19)20/h3-10,12,19,21-22H,11,13-14H2,1-2H3/t19-,21-,22+/m1/s1. The van der Waals surface area contributed by atoms with E-state index in [2.05, 4.69) is 10.3 Å². The number of ether oxygens (including phenoxy) is 4. The molecule has 1 fully saturated rings. The summed E-state index contributed by atoms with van der Waals surface area (Å²) in [4.78, 5) is 14.2. The lowest BCUT2D eigenvalue weighted by Gasteiger charge is -2.46. The maximum Gasteiger partial charge on any atom is 0.410 e. The van der Waals surface area contributed by atoms with Crippen molar-refractivity contribution in [2.75, 3.05) is 20.8 Å². The number of methoxy groups -OCH3 is 2. The van der Waals surface area contributed by atoms with Gasteiger partial charge in [-0.1, -0.05) is 23.4 Å². The van der Waals surface area contributed by atoms with Gasteiger partial charge in [0.25, 0.3) is 0 Å². The summed E-state index contributed by atoms with van der Waals surface area (Å²) in [5.74, 6) is 1.55. The first-order valence-electron chi connectivity index (χ1n) is 10.4. The van der Waals surface area contributed by atoms with E-state index < -0.39 is 0 Å². The van der Waals surface area contributed by atoms with Gasteiger partial charge in [-0.3, -0.25) is 4.90 Å². The monoisotopic (exact) mass is 436 g/mol. The molecule has 2 aliphatic rings. The first-order valence-corrected chi connectivity index (χ1v) is 10.4. The lowest BCUT2D eigenvalue weighted by atomic mass is 9.88. The Morgan fingerprint density at radius 3 is 2.75 bits per heavy atom. The molecule has 0 radical (unpaired) electrons. The van der Waals surface area contributed by atoms with Crippen LogP contribution in [0.5, 0.6) is 11.5 Å². The Kier molecular flexibility index (Phi) is 5.40. The van der Waals surface area contributed by atoms with E-state index in [0.29, 0.717) is 18.7 Å². The Morgan fingerprint density at radius 2 is 1.97 bits per heavy atom. The molecule has 1 amide bonds. The Bertz CT molecular complexity index is 1100. The zero-order valence-corrected chi connectivity index (χ0v) is 17.9. The predicted octanol–water partition coefficient (Wildman–Crippen LogP) is 3.14. The van der Waals surface area contributed by atoms with Crippen LogP contribution in [0.1, 0.15) is 23.7 Å². The minimum absolute atomic E-state index is 0.0896. The van der Waals surface area contributed by atoms with Crippen molar-refractivity contribution in [1.29, 1.82) is 0 Å². The van der Waals surface area contributed by atoms with Crippen molar-refractivity contribution in [2.24, 2.45) is 0 Å². The van der Waals surface area contributed by atoms with Crippen molar-refractivity contribution in [1.82, 2.24) is 19.9 Å². The summed E-state index contributed by atoms with van der Waals surface area (Å²) in [6.07, 6.45) is 1.62. The SMILES string of the molecule is COC(=O)N1C[C@H](OCc2cn(-c3ccc(OC)cc3)nn2)[C@H]2C[C@@H]1c1ccccc1O2. The van der Waals surface area contributed by atoms with E-state index >= 15 is 0 Å². The first-order chi connectivity index (χ1) is 15.7. The van der Waals surface area contributed by atoms with E-state index in [0.717, 1.165) is 22.7 Å². The molecule has 3 aromatic rings.